The molecule has 0 aromatic carbocycles. The third kappa shape index (κ3) is 3.47. The van der Waals surface area contributed by atoms with Crippen molar-refractivity contribution in [2.45, 2.75) is 6.54 Å². The van der Waals surface area contributed by atoms with Gasteiger partial charge in [-0.3, -0.25) is 24.3 Å². The van der Waals surface area contributed by atoms with Crippen molar-refractivity contribution >= 4 is 11.9 Å². The fourth-order valence-electron chi connectivity index (χ4n) is 2.85. The molecule has 3 rings (SSSR count). The molecular weight excluding hydrogens is 356 g/mol. The molecule has 10 nitrogen and oxygen atoms in total. The molecule has 0 radical (unpaired) electrons. The van der Waals surface area contributed by atoms with Crippen LogP contribution < -0.4 is 10.4 Å². The Balaban J connectivity index is 2.11. The Labute approximate surface area is 153 Å². The monoisotopic (exact) mass is 374 g/mol. The summed E-state index contributed by atoms with van der Waals surface area (Å²) in [4.78, 5) is 41.7. The number of pyridine rings is 2. The van der Waals surface area contributed by atoms with Crippen LogP contribution in [0.5, 0.6) is 5.75 Å². The lowest BCUT2D eigenvalue weighted by atomic mass is 10.2. The van der Waals surface area contributed by atoms with Crippen LogP contribution >= 0.6 is 0 Å². The fraction of sp³-hybridized carbons (Fsp3) is 0.294. The van der Waals surface area contributed by atoms with Crippen molar-refractivity contribution in [2.75, 3.05) is 31.9 Å². The maximum absolute atomic E-state index is 12.7. The number of hydrogen-bond donors (Lipinski definition) is 2. The highest BCUT2D eigenvalue weighted by molar-refractivity contribution is 5.97. The second kappa shape index (κ2) is 7.46. The summed E-state index contributed by atoms with van der Waals surface area (Å²) in [5.41, 5.74) is -1.20. The van der Waals surface area contributed by atoms with Gasteiger partial charge in [-0.15, -0.1) is 0 Å². The Hall–Kier alpha value is -3.40. The number of fused-ring (bicyclic) bond motifs is 1. The van der Waals surface area contributed by atoms with Crippen molar-refractivity contribution in [2.24, 2.45) is 0 Å². The van der Waals surface area contributed by atoms with Crippen molar-refractivity contribution in [3.63, 3.8) is 0 Å². The Morgan fingerprint density at radius 2 is 2.15 bits per heavy atom. The van der Waals surface area contributed by atoms with E-state index in [0.717, 1.165) is 11.8 Å². The quantitative estimate of drug-likeness (QED) is 0.715. The average Bonchev–Trinajstić information content (AvgIpc) is 2.65. The van der Waals surface area contributed by atoms with Gasteiger partial charge in [-0.25, -0.2) is 4.79 Å². The molecule has 2 aromatic rings. The number of carboxylic acids is 1. The topological polar surface area (TPSA) is 125 Å². The van der Waals surface area contributed by atoms with Gasteiger partial charge in [0.1, 0.15) is 12.2 Å². The summed E-state index contributed by atoms with van der Waals surface area (Å²) in [6.07, 6.45) is 4.31. The van der Waals surface area contributed by atoms with Crippen LogP contribution in [0, 0.1) is 0 Å². The lowest BCUT2D eigenvalue weighted by Crippen LogP contribution is -2.54. The number of nitrogens with zero attached hydrogens (tertiary/aromatic N) is 4. The maximum atomic E-state index is 12.7. The van der Waals surface area contributed by atoms with Crippen LogP contribution in [0.4, 0.5) is 0 Å². The van der Waals surface area contributed by atoms with E-state index in [-0.39, 0.29) is 32.1 Å². The van der Waals surface area contributed by atoms with Gasteiger partial charge in [-0.2, -0.15) is 0 Å². The fourth-order valence-corrected chi connectivity index (χ4v) is 2.85. The Bertz CT molecular complexity index is 927. The van der Waals surface area contributed by atoms with Crippen molar-refractivity contribution in [3.8, 4) is 5.75 Å². The zero-order valence-corrected chi connectivity index (χ0v) is 14.5. The number of aromatic nitrogens is 2. The molecule has 0 aliphatic carbocycles. The molecule has 1 amide bonds. The molecule has 1 aliphatic rings. The predicted octanol–water partition coefficient (Wildman–Crippen LogP) is -0.155. The molecule has 0 saturated carbocycles. The molecule has 10 heteroatoms. The van der Waals surface area contributed by atoms with E-state index in [0.29, 0.717) is 0 Å². The van der Waals surface area contributed by atoms with Crippen LogP contribution in [0.3, 0.4) is 0 Å². The first-order valence-electron chi connectivity index (χ1n) is 8.08. The van der Waals surface area contributed by atoms with Crippen LogP contribution in [-0.2, 0) is 11.3 Å². The van der Waals surface area contributed by atoms with Gasteiger partial charge >= 0.3 is 5.97 Å². The minimum atomic E-state index is -1.49. The average molecular weight is 374 g/mol. The number of amides is 1. The molecule has 3 heterocycles. The van der Waals surface area contributed by atoms with Crippen molar-refractivity contribution in [3.05, 3.63) is 57.8 Å². The summed E-state index contributed by atoms with van der Waals surface area (Å²) in [6, 6.07) is 3.57. The van der Waals surface area contributed by atoms with Crippen molar-refractivity contribution in [1.29, 1.82) is 0 Å². The Kier molecular flexibility index (Phi) is 5.08. The van der Waals surface area contributed by atoms with E-state index >= 15 is 0 Å². The zero-order chi connectivity index (χ0) is 19.6. The van der Waals surface area contributed by atoms with Crippen LogP contribution in [-0.4, -0.2) is 63.6 Å². The van der Waals surface area contributed by atoms with Crippen molar-refractivity contribution < 1.29 is 24.5 Å². The van der Waals surface area contributed by atoms with E-state index in [4.69, 9.17) is 4.74 Å². The molecule has 1 aliphatic heterocycles. The van der Waals surface area contributed by atoms with E-state index in [9.17, 15) is 24.6 Å². The zero-order valence-electron chi connectivity index (χ0n) is 14.5. The summed E-state index contributed by atoms with van der Waals surface area (Å²) < 4.78 is 6.23. The van der Waals surface area contributed by atoms with Crippen LogP contribution in [0.25, 0.3) is 0 Å². The summed E-state index contributed by atoms with van der Waals surface area (Å²) in [5, 5.41) is 21.1. The number of aromatic hydroxyl groups is 1. The molecule has 0 unspecified atom stereocenters. The number of hydrogen-bond acceptors (Lipinski definition) is 7. The first-order chi connectivity index (χ1) is 12.9. The number of carbonyl (C=O) groups excluding carboxylic acids is 1. The van der Waals surface area contributed by atoms with E-state index in [1.54, 1.807) is 23.5 Å². The predicted molar refractivity (Wildman–Crippen MR) is 93.3 cm³/mol. The minimum absolute atomic E-state index is 0.117. The molecular formula is C17H18N4O6. The van der Waals surface area contributed by atoms with Crippen LogP contribution in [0.2, 0.25) is 0 Å². The highest BCUT2D eigenvalue weighted by Crippen LogP contribution is 2.22. The van der Waals surface area contributed by atoms with E-state index < -0.39 is 28.6 Å². The largest absolute Gasteiger partial charge is 0.502 e. The standard InChI is InChI=1S/C17H18N4O6/c1-27-6-5-19-10-20(8-11-3-2-4-18-7-11)21-9-12(17(25)26)14(22)15(23)13(21)16(19)24/h2-4,7,9,23H,5-6,8,10H2,1H3,(H,25,26). The van der Waals surface area contributed by atoms with E-state index in [2.05, 4.69) is 4.98 Å². The summed E-state index contributed by atoms with van der Waals surface area (Å²) in [6.45, 7) is 0.905. The highest BCUT2D eigenvalue weighted by Gasteiger charge is 2.34. The SMILES string of the molecule is COCCN1CN(Cc2cccnc2)n2cc(C(=O)O)c(=O)c(O)c2C1=O. The molecule has 0 fully saturated rings. The lowest BCUT2D eigenvalue weighted by molar-refractivity contribution is 0.0613. The first kappa shape index (κ1) is 18.4. The molecule has 0 atom stereocenters. The molecule has 2 aromatic heterocycles. The maximum Gasteiger partial charge on any atom is 0.341 e. The molecule has 27 heavy (non-hydrogen) atoms. The third-order valence-corrected chi connectivity index (χ3v) is 4.18. The second-order valence-corrected chi connectivity index (χ2v) is 5.95. The molecule has 0 saturated heterocycles. The smallest absolute Gasteiger partial charge is 0.341 e. The first-order valence-corrected chi connectivity index (χ1v) is 8.08. The van der Waals surface area contributed by atoms with E-state index in [1.165, 1.54) is 16.7 Å². The third-order valence-electron chi connectivity index (χ3n) is 4.18. The number of methoxy groups -OCH3 is 1. The van der Waals surface area contributed by atoms with Gasteiger partial charge in [0.25, 0.3) is 5.91 Å². The molecule has 142 valence electrons. The summed E-state index contributed by atoms with van der Waals surface area (Å²) in [5.74, 6) is -2.96. The van der Waals surface area contributed by atoms with Crippen LogP contribution in [0.1, 0.15) is 26.4 Å². The minimum Gasteiger partial charge on any atom is -0.502 e. The number of rotatable bonds is 6. The van der Waals surface area contributed by atoms with Gasteiger partial charge in [-0.05, 0) is 11.6 Å². The Morgan fingerprint density at radius 1 is 1.37 bits per heavy atom. The summed E-state index contributed by atoms with van der Waals surface area (Å²) in [7, 11) is 1.50. The van der Waals surface area contributed by atoms with E-state index in [1.807, 2.05) is 6.07 Å². The normalized spacial score (nSPS) is 13.6. The van der Waals surface area contributed by atoms with Gasteiger partial charge in [-0.1, -0.05) is 6.07 Å². The molecule has 2 N–H and O–H groups in total. The molecule has 0 bridgehead atoms. The van der Waals surface area contributed by atoms with Crippen molar-refractivity contribution in [1.82, 2.24) is 14.6 Å². The summed E-state index contributed by atoms with van der Waals surface area (Å²) >= 11 is 0. The van der Waals surface area contributed by atoms with Crippen LogP contribution in [0.15, 0.2) is 35.5 Å². The second-order valence-electron chi connectivity index (χ2n) is 5.95. The Morgan fingerprint density at radius 3 is 2.78 bits per heavy atom. The number of aromatic carboxylic acids is 1. The number of carboxylic acid groups (broad SMARTS) is 1. The number of ether oxygens (including phenoxy) is 1. The van der Waals surface area contributed by atoms with Gasteiger partial charge < -0.3 is 19.8 Å². The molecule has 0 spiro atoms. The van der Waals surface area contributed by atoms with Gasteiger partial charge in [0.2, 0.25) is 5.43 Å². The number of carbonyl (C=O) groups is 2. The highest BCUT2D eigenvalue weighted by atomic mass is 16.5. The lowest BCUT2D eigenvalue weighted by Gasteiger charge is -2.39. The van der Waals surface area contributed by atoms with Gasteiger partial charge in [0, 0.05) is 32.2 Å². The van der Waals surface area contributed by atoms with Gasteiger partial charge in [0.15, 0.2) is 11.4 Å². The van der Waals surface area contributed by atoms with Gasteiger partial charge in [0.05, 0.1) is 13.2 Å².